The molecule has 6 heteroatoms. The van der Waals surface area contributed by atoms with Crippen LogP contribution in [0.2, 0.25) is 5.02 Å². The van der Waals surface area contributed by atoms with E-state index in [1.54, 1.807) is 22.9 Å². The normalized spacial score (nSPS) is 10.0. The molecule has 90 valence electrons. The summed E-state index contributed by atoms with van der Waals surface area (Å²) in [7, 11) is 0. The minimum Gasteiger partial charge on any atom is -0.335 e. The lowest BCUT2D eigenvalue weighted by Gasteiger charge is -2.06. The van der Waals surface area contributed by atoms with Crippen LogP contribution in [0, 0.1) is 21.4 Å². The number of hydrogen-bond acceptors (Lipinski definition) is 3. The highest BCUT2D eigenvalue weighted by atomic mass is 35.5. The van der Waals surface area contributed by atoms with Gasteiger partial charge in [-0.1, -0.05) is 11.6 Å². The smallest absolute Gasteiger partial charge is 0.269 e. The summed E-state index contributed by atoms with van der Waals surface area (Å²) in [5.74, 6) is 0. The fraction of sp³-hybridized carbons (Fsp3) is 0.0833. The van der Waals surface area contributed by atoms with Crippen molar-refractivity contribution in [3.05, 3.63) is 62.9 Å². The van der Waals surface area contributed by atoms with Gasteiger partial charge in [0.25, 0.3) is 5.69 Å². The highest BCUT2D eigenvalue weighted by Crippen LogP contribution is 2.23. The molecule has 18 heavy (non-hydrogen) atoms. The summed E-state index contributed by atoms with van der Waals surface area (Å²) in [6, 6.07) is 9.72. The van der Waals surface area contributed by atoms with Crippen LogP contribution in [0.4, 0.5) is 5.69 Å². The Morgan fingerprint density at radius 1 is 1.44 bits per heavy atom. The molecule has 1 heterocycles. The molecule has 5 nitrogen and oxygen atoms in total. The summed E-state index contributed by atoms with van der Waals surface area (Å²) in [5.41, 5.74) is 1.08. The minimum absolute atomic E-state index is 0.0138. The van der Waals surface area contributed by atoms with Gasteiger partial charge in [0.15, 0.2) is 0 Å². The summed E-state index contributed by atoms with van der Waals surface area (Å²) in [6.07, 6.45) is 1.73. The molecule has 0 unspecified atom stereocenters. The fourth-order valence-electron chi connectivity index (χ4n) is 1.63. The SMILES string of the molecule is N#Cc1cccn1Cc1cc([N+](=O)[O-])ccc1Cl. The topological polar surface area (TPSA) is 71.9 Å². The zero-order valence-corrected chi connectivity index (χ0v) is 9.96. The van der Waals surface area contributed by atoms with E-state index in [-0.39, 0.29) is 5.69 Å². The summed E-state index contributed by atoms with van der Waals surface area (Å²) in [6.45, 7) is 0.330. The molecular formula is C12H8ClN3O2. The van der Waals surface area contributed by atoms with Gasteiger partial charge in [0, 0.05) is 29.9 Å². The molecule has 0 aliphatic carbocycles. The Morgan fingerprint density at radius 3 is 2.89 bits per heavy atom. The van der Waals surface area contributed by atoms with Crippen LogP contribution in [0.3, 0.4) is 0 Å². The fourth-order valence-corrected chi connectivity index (χ4v) is 1.81. The molecule has 0 fully saturated rings. The van der Waals surface area contributed by atoms with Crippen molar-refractivity contribution in [2.45, 2.75) is 6.54 Å². The monoisotopic (exact) mass is 261 g/mol. The van der Waals surface area contributed by atoms with Crippen molar-refractivity contribution in [1.82, 2.24) is 4.57 Å². The third-order valence-corrected chi connectivity index (χ3v) is 2.89. The second-order valence-corrected chi connectivity index (χ2v) is 4.07. The quantitative estimate of drug-likeness (QED) is 0.630. The van der Waals surface area contributed by atoms with Gasteiger partial charge >= 0.3 is 0 Å². The summed E-state index contributed by atoms with van der Waals surface area (Å²) < 4.78 is 1.69. The van der Waals surface area contributed by atoms with Crippen molar-refractivity contribution < 1.29 is 4.92 Å². The van der Waals surface area contributed by atoms with E-state index in [1.165, 1.54) is 18.2 Å². The van der Waals surface area contributed by atoms with E-state index in [0.29, 0.717) is 22.8 Å². The molecule has 0 aliphatic heterocycles. The van der Waals surface area contributed by atoms with Crippen LogP contribution in [-0.2, 0) is 6.54 Å². The van der Waals surface area contributed by atoms with E-state index in [2.05, 4.69) is 0 Å². The first kappa shape index (κ1) is 12.1. The summed E-state index contributed by atoms with van der Waals surface area (Å²) in [5, 5.41) is 20.0. The van der Waals surface area contributed by atoms with Crippen LogP contribution in [0.1, 0.15) is 11.3 Å². The van der Waals surface area contributed by atoms with Crippen molar-refractivity contribution in [1.29, 1.82) is 5.26 Å². The Kier molecular flexibility index (Phi) is 3.31. The van der Waals surface area contributed by atoms with Crippen molar-refractivity contribution in [3.63, 3.8) is 0 Å². The maximum Gasteiger partial charge on any atom is 0.269 e. The molecule has 0 amide bonds. The Bertz CT molecular complexity index is 643. The number of rotatable bonds is 3. The first-order valence-corrected chi connectivity index (χ1v) is 5.47. The molecule has 2 rings (SSSR count). The van der Waals surface area contributed by atoms with Gasteiger partial charge in [0.05, 0.1) is 4.92 Å². The van der Waals surface area contributed by atoms with Crippen molar-refractivity contribution >= 4 is 17.3 Å². The van der Waals surface area contributed by atoms with E-state index in [4.69, 9.17) is 16.9 Å². The molecule has 1 aromatic carbocycles. The number of benzene rings is 1. The number of non-ortho nitro benzene ring substituents is 1. The predicted molar refractivity (Wildman–Crippen MR) is 66.4 cm³/mol. The lowest BCUT2D eigenvalue weighted by atomic mass is 10.2. The predicted octanol–water partition coefficient (Wildman–Crippen LogP) is 2.97. The Labute approximate surface area is 108 Å². The molecule has 0 saturated heterocycles. The van der Waals surface area contributed by atoms with Crippen LogP contribution in [-0.4, -0.2) is 9.49 Å². The van der Waals surface area contributed by atoms with Gasteiger partial charge in [-0.2, -0.15) is 5.26 Å². The average Bonchev–Trinajstić information content (AvgIpc) is 2.79. The van der Waals surface area contributed by atoms with Gasteiger partial charge in [0.1, 0.15) is 11.8 Å². The van der Waals surface area contributed by atoms with E-state index in [1.807, 2.05) is 6.07 Å². The number of nitrogens with zero attached hydrogens (tertiary/aromatic N) is 3. The number of nitriles is 1. The molecule has 0 bridgehead atoms. The second kappa shape index (κ2) is 4.90. The molecule has 1 aromatic heterocycles. The number of nitro groups is 1. The molecule has 2 aromatic rings. The number of nitro benzene ring substituents is 1. The minimum atomic E-state index is -0.472. The lowest BCUT2D eigenvalue weighted by molar-refractivity contribution is -0.384. The highest BCUT2D eigenvalue weighted by Gasteiger charge is 2.11. The second-order valence-electron chi connectivity index (χ2n) is 3.67. The summed E-state index contributed by atoms with van der Waals surface area (Å²) >= 11 is 5.99. The third kappa shape index (κ3) is 2.34. The van der Waals surface area contributed by atoms with Gasteiger partial charge in [-0.3, -0.25) is 10.1 Å². The Hall–Kier alpha value is -2.32. The largest absolute Gasteiger partial charge is 0.335 e. The molecule has 0 atom stereocenters. The number of aromatic nitrogens is 1. The maximum absolute atomic E-state index is 10.7. The molecular weight excluding hydrogens is 254 g/mol. The highest BCUT2D eigenvalue weighted by molar-refractivity contribution is 6.31. The van der Waals surface area contributed by atoms with Crippen molar-refractivity contribution in [2.75, 3.05) is 0 Å². The van der Waals surface area contributed by atoms with Gasteiger partial charge in [-0.25, -0.2) is 0 Å². The van der Waals surface area contributed by atoms with E-state index >= 15 is 0 Å². The van der Waals surface area contributed by atoms with Crippen LogP contribution in [0.15, 0.2) is 36.5 Å². The van der Waals surface area contributed by atoms with Crippen molar-refractivity contribution in [2.24, 2.45) is 0 Å². The molecule has 0 saturated carbocycles. The molecule has 0 aliphatic rings. The summed E-state index contributed by atoms with van der Waals surface area (Å²) in [4.78, 5) is 10.2. The maximum atomic E-state index is 10.7. The first-order valence-electron chi connectivity index (χ1n) is 5.10. The van der Waals surface area contributed by atoms with Gasteiger partial charge in [-0.05, 0) is 23.8 Å². The number of hydrogen-bond donors (Lipinski definition) is 0. The first-order chi connectivity index (χ1) is 8.61. The van der Waals surface area contributed by atoms with E-state index in [9.17, 15) is 10.1 Å². The van der Waals surface area contributed by atoms with E-state index in [0.717, 1.165) is 0 Å². The van der Waals surface area contributed by atoms with Gasteiger partial charge < -0.3 is 4.57 Å². The average molecular weight is 262 g/mol. The third-order valence-electron chi connectivity index (χ3n) is 2.52. The Morgan fingerprint density at radius 2 is 2.22 bits per heavy atom. The van der Waals surface area contributed by atoms with Crippen LogP contribution < -0.4 is 0 Å². The van der Waals surface area contributed by atoms with Crippen LogP contribution >= 0.6 is 11.6 Å². The molecule has 0 radical (unpaired) electrons. The van der Waals surface area contributed by atoms with Crippen LogP contribution in [0.5, 0.6) is 0 Å². The zero-order valence-electron chi connectivity index (χ0n) is 9.21. The molecule has 0 spiro atoms. The lowest BCUT2D eigenvalue weighted by Crippen LogP contribution is -2.02. The molecule has 0 N–H and O–H groups in total. The standard InChI is InChI=1S/C12H8ClN3O2/c13-12-4-3-10(16(17)18)6-9(12)8-15-5-1-2-11(15)7-14/h1-6H,8H2. The van der Waals surface area contributed by atoms with Gasteiger partial charge in [-0.15, -0.1) is 0 Å². The zero-order chi connectivity index (χ0) is 13.1. The Balaban J connectivity index is 2.37. The van der Waals surface area contributed by atoms with Gasteiger partial charge in [0.2, 0.25) is 0 Å². The van der Waals surface area contributed by atoms with E-state index < -0.39 is 4.92 Å². The van der Waals surface area contributed by atoms with Crippen molar-refractivity contribution in [3.8, 4) is 6.07 Å². The number of halogens is 1. The van der Waals surface area contributed by atoms with Crippen LogP contribution in [0.25, 0.3) is 0 Å².